The number of rotatable bonds is 6. The van der Waals surface area contributed by atoms with Gasteiger partial charge in [-0.25, -0.2) is 4.79 Å². The van der Waals surface area contributed by atoms with Gasteiger partial charge in [0, 0.05) is 44.5 Å². The summed E-state index contributed by atoms with van der Waals surface area (Å²) in [5, 5.41) is 6.01. The molecule has 1 aromatic carbocycles. The number of carbonyl (C=O) groups excluding carboxylic acids is 2. The third kappa shape index (κ3) is 5.09. The smallest absolute Gasteiger partial charge is 0.318 e. The Hall–Kier alpha value is -2.89. The number of urea groups is 1. The molecule has 148 valence electrons. The summed E-state index contributed by atoms with van der Waals surface area (Å²) in [5.74, 6) is 0.0534. The van der Waals surface area contributed by atoms with Gasteiger partial charge in [-0.3, -0.25) is 9.78 Å². The zero-order chi connectivity index (χ0) is 20.1. The number of aromatic nitrogens is 1. The summed E-state index contributed by atoms with van der Waals surface area (Å²) in [7, 11) is 0. The van der Waals surface area contributed by atoms with E-state index in [0.29, 0.717) is 26.1 Å². The minimum Gasteiger partial charge on any atom is -0.352 e. The summed E-state index contributed by atoms with van der Waals surface area (Å²) >= 11 is 0. The molecule has 28 heavy (non-hydrogen) atoms. The van der Waals surface area contributed by atoms with Gasteiger partial charge in [0.1, 0.15) is 0 Å². The lowest BCUT2D eigenvalue weighted by Crippen LogP contribution is -2.45. The van der Waals surface area contributed by atoms with Crippen LogP contribution in [0.5, 0.6) is 0 Å². The molecule has 3 rings (SSSR count). The lowest BCUT2D eigenvalue weighted by atomic mass is 10.00. The van der Waals surface area contributed by atoms with Crippen molar-refractivity contribution in [1.82, 2.24) is 20.5 Å². The molecule has 1 aliphatic heterocycles. The second kappa shape index (κ2) is 8.87. The molecule has 2 aromatic rings. The molecule has 1 unspecified atom stereocenters. The van der Waals surface area contributed by atoms with Crippen molar-refractivity contribution in [3.63, 3.8) is 0 Å². The van der Waals surface area contributed by atoms with Crippen molar-refractivity contribution in [2.75, 3.05) is 6.54 Å². The molecule has 1 atom stereocenters. The second-order valence-corrected chi connectivity index (χ2v) is 7.58. The Balaban J connectivity index is 1.69. The first-order valence-electron chi connectivity index (χ1n) is 9.70. The molecule has 1 aromatic heterocycles. The maximum Gasteiger partial charge on any atom is 0.318 e. The summed E-state index contributed by atoms with van der Waals surface area (Å²) < 4.78 is 0. The van der Waals surface area contributed by atoms with Crippen LogP contribution in [0.3, 0.4) is 0 Å². The lowest BCUT2D eigenvalue weighted by molar-refractivity contribution is -0.119. The van der Waals surface area contributed by atoms with Gasteiger partial charge in [-0.1, -0.05) is 23.8 Å². The number of benzene rings is 1. The van der Waals surface area contributed by atoms with Crippen molar-refractivity contribution in [3.8, 4) is 0 Å². The van der Waals surface area contributed by atoms with E-state index in [2.05, 4.69) is 48.5 Å². The van der Waals surface area contributed by atoms with Crippen LogP contribution in [-0.4, -0.2) is 34.4 Å². The van der Waals surface area contributed by atoms with Crippen molar-refractivity contribution in [1.29, 1.82) is 0 Å². The molecule has 0 spiro atoms. The first-order chi connectivity index (χ1) is 13.4. The van der Waals surface area contributed by atoms with Crippen LogP contribution in [0.2, 0.25) is 0 Å². The highest BCUT2D eigenvalue weighted by Crippen LogP contribution is 2.17. The molecule has 2 N–H and O–H groups in total. The quantitative estimate of drug-likeness (QED) is 0.809. The van der Waals surface area contributed by atoms with Crippen LogP contribution in [0.25, 0.3) is 0 Å². The first kappa shape index (κ1) is 19.9. The van der Waals surface area contributed by atoms with Crippen molar-refractivity contribution in [3.05, 3.63) is 64.5 Å². The van der Waals surface area contributed by atoms with Gasteiger partial charge in [-0.05, 0) is 55.5 Å². The molecule has 0 radical (unpaired) electrons. The van der Waals surface area contributed by atoms with E-state index >= 15 is 0 Å². The van der Waals surface area contributed by atoms with E-state index in [1.807, 2.05) is 12.1 Å². The van der Waals surface area contributed by atoms with Gasteiger partial charge >= 0.3 is 6.03 Å². The van der Waals surface area contributed by atoms with Gasteiger partial charge in [-0.15, -0.1) is 0 Å². The summed E-state index contributed by atoms with van der Waals surface area (Å²) in [6, 6.07) is 7.95. The fourth-order valence-corrected chi connectivity index (χ4v) is 3.78. The van der Waals surface area contributed by atoms with E-state index in [1.165, 1.54) is 16.7 Å². The second-order valence-electron chi connectivity index (χ2n) is 7.58. The zero-order valence-electron chi connectivity index (χ0n) is 16.8. The Bertz CT molecular complexity index is 828. The number of carbonyl (C=O) groups is 2. The highest BCUT2D eigenvalue weighted by Gasteiger charge is 2.25. The predicted octanol–water partition coefficient (Wildman–Crippen LogP) is 3.00. The fraction of sp³-hybridized carbons (Fsp3) is 0.409. The van der Waals surface area contributed by atoms with Gasteiger partial charge in [0.2, 0.25) is 5.91 Å². The Labute approximate surface area is 166 Å². The lowest BCUT2D eigenvalue weighted by Gasteiger charge is -2.26. The molecule has 6 heteroatoms. The topological polar surface area (TPSA) is 74.3 Å². The Kier molecular flexibility index (Phi) is 6.29. The maximum atomic E-state index is 13.0. The summed E-state index contributed by atoms with van der Waals surface area (Å²) in [5.41, 5.74) is 5.69. The van der Waals surface area contributed by atoms with Gasteiger partial charge in [-0.2, -0.15) is 0 Å². The van der Waals surface area contributed by atoms with Crippen molar-refractivity contribution in [2.24, 2.45) is 0 Å². The zero-order valence-corrected chi connectivity index (χ0v) is 16.8. The van der Waals surface area contributed by atoms with Crippen LogP contribution in [-0.2, 0) is 17.9 Å². The predicted molar refractivity (Wildman–Crippen MR) is 109 cm³/mol. The number of amides is 3. The minimum absolute atomic E-state index is 0.00207. The van der Waals surface area contributed by atoms with Crippen LogP contribution in [0.4, 0.5) is 4.79 Å². The van der Waals surface area contributed by atoms with Crippen molar-refractivity contribution in [2.45, 2.75) is 52.7 Å². The number of aryl methyl sites for hydroxylation is 3. The maximum absolute atomic E-state index is 13.0. The van der Waals surface area contributed by atoms with E-state index in [1.54, 1.807) is 17.3 Å². The SMILES string of the molecule is Cc1cc(C)c(CNC(=O)N(Cc2cccnc2)CC2CCC(=O)N2)c(C)c1. The van der Waals surface area contributed by atoms with Crippen LogP contribution < -0.4 is 10.6 Å². The molecule has 1 aliphatic rings. The molecule has 1 saturated heterocycles. The molecule has 3 amide bonds. The average Bonchev–Trinajstić information content (AvgIpc) is 3.06. The molecule has 0 saturated carbocycles. The molecular formula is C22H28N4O2. The van der Waals surface area contributed by atoms with Crippen molar-refractivity contribution >= 4 is 11.9 Å². The Morgan fingerprint density at radius 1 is 1.29 bits per heavy atom. The van der Waals surface area contributed by atoms with E-state index in [-0.39, 0.29) is 18.0 Å². The van der Waals surface area contributed by atoms with Crippen LogP contribution in [0.1, 0.15) is 40.7 Å². The van der Waals surface area contributed by atoms with E-state index in [4.69, 9.17) is 0 Å². The number of nitrogens with zero attached hydrogens (tertiary/aromatic N) is 2. The van der Waals surface area contributed by atoms with Crippen LogP contribution >= 0.6 is 0 Å². The fourth-order valence-electron chi connectivity index (χ4n) is 3.78. The normalized spacial score (nSPS) is 16.0. The average molecular weight is 380 g/mol. The Morgan fingerprint density at radius 3 is 2.64 bits per heavy atom. The Morgan fingerprint density at radius 2 is 2.04 bits per heavy atom. The molecular weight excluding hydrogens is 352 g/mol. The third-order valence-corrected chi connectivity index (χ3v) is 5.17. The van der Waals surface area contributed by atoms with E-state index in [0.717, 1.165) is 17.5 Å². The van der Waals surface area contributed by atoms with E-state index in [9.17, 15) is 9.59 Å². The molecule has 1 fully saturated rings. The van der Waals surface area contributed by atoms with Crippen molar-refractivity contribution < 1.29 is 9.59 Å². The van der Waals surface area contributed by atoms with Gasteiger partial charge in [0.25, 0.3) is 0 Å². The molecule has 2 heterocycles. The summed E-state index contributed by atoms with van der Waals surface area (Å²) in [6.45, 7) is 7.65. The number of pyridine rings is 1. The molecule has 0 bridgehead atoms. The van der Waals surface area contributed by atoms with Gasteiger partial charge in [0.15, 0.2) is 0 Å². The van der Waals surface area contributed by atoms with Crippen LogP contribution in [0.15, 0.2) is 36.7 Å². The first-order valence-corrected chi connectivity index (χ1v) is 9.70. The molecule has 0 aliphatic carbocycles. The van der Waals surface area contributed by atoms with Gasteiger partial charge < -0.3 is 15.5 Å². The highest BCUT2D eigenvalue weighted by molar-refractivity contribution is 5.79. The standard InChI is InChI=1S/C22H28N4O2/c1-15-9-16(2)20(17(3)10-15)12-24-22(28)26(13-18-5-4-8-23-11-18)14-19-6-7-21(27)25-19/h4-5,8-11,19H,6-7,12-14H2,1-3H3,(H,24,28)(H,25,27). The summed E-state index contributed by atoms with van der Waals surface area (Å²) in [6.07, 6.45) is 4.76. The summed E-state index contributed by atoms with van der Waals surface area (Å²) in [4.78, 5) is 30.4. The molecule has 6 nitrogen and oxygen atoms in total. The number of hydrogen-bond acceptors (Lipinski definition) is 3. The number of hydrogen-bond donors (Lipinski definition) is 2. The van der Waals surface area contributed by atoms with Gasteiger partial charge in [0.05, 0.1) is 0 Å². The third-order valence-electron chi connectivity index (χ3n) is 5.17. The minimum atomic E-state index is -0.135. The number of nitrogens with one attached hydrogen (secondary N) is 2. The monoisotopic (exact) mass is 380 g/mol. The largest absolute Gasteiger partial charge is 0.352 e. The van der Waals surface area contributed by atoms with E-state index < -0.39 is 0 Å². The van der Waals surface area contributed by atoms with Crippen LogP contribution in [0, 0.1) is 20.8 Å². The highest BCUT2D eigenvalue weighted by atomic mass is 16.2.